The van der Waals surface area contributed by atoms with Gasteiger partial charge in [0, 0.05) is 32.5 Å². The van der Waals surface area contributed by atoms with Crippen LogP contribution in [0.15, 0.2) is 36.7 Å². The second-order valence-corrected chi connectivity index (χ2v) is 6.87. The van der Waals surface area contributed by atoms with Crippen molar-refractivity contribution in [2.75, 3.05) is 19.7 Å². The molecule has 0 spiro atoms. The van der Waals surface area contributed by atoms with Gasteiger partial charge in [-0.05, 0) is 37.5 Å². The Morgan fingerprint density at radius 1 is 1.36 bits per heavy atom. The first-order valence-corrected chi connectivity index (χ1v) is 9.44. The number of carbonyl (C=O) groups excluding carboxylic acids is 2. The van der Waals surface area contributed by atoms with Crippen molar-refractivity contribution >= 4 is 12.0 Å². The minimum Gasteiger partial charge on any atom is -0.450 e. The predicted octanol–water partition coefficient (Wildman–Crippen LogP) is 2.63. The fraction of sp³-hybridized carbons (Fsp3) is 0.450. The number of imidazole rings is 1. The lowest BCUT2D eigenvalue weighted by atomic mass is 9.96. The first-order valence-electron chi connectivity index (χ1n) is 9.44. The third kappa shape index (κ3) is 4.49. The van der Waals surface area contributed by atoms with Crippen LogP contribution in [0.1, 0.15) is 37.2 Å². The largest absolute Gasteiger partial charge is 0.450 e. The van der Waals surface area contributed by atoms with E-state index in [1.54, 1.807) is 36.4 Å². The highest BCUT2D eigenvalue weighted by molar-refractivity contribution is 5.80. The van der Waals surface area contributed by atoms with Crippen molar-refractivity contribution < 1.29 is 18.7 Å². The van der Waals surface area contributed by atoms with Gasteiger partial charge in [0.05, 0.1) is 12.5 Å². The number of carbonyl (C=O) groups is 2. The molecule has 150 valence electrons. The zero-order chi connectivity index (χ0) is 20.1. The van der Waals surface area contributed by atoms with Crippen LogP contribution in [0.2, 0.25) is 0 Å². The van der Waals surface area contributed by atoms with Crippen molar-refractivity contribution in [2.24, 2.45) is 13.0 Å². The maximum Gasteiger partial charge on any atom is 0.409 e. The highest BCUT2D eigenvalue weighted by Gasteiger charge is 2.31. The smallest absolute Gasteiger partial charge is 0.409 e. The number of amides is 2. The average molecular weight is 388 g/mol. The normalized spacial score (nSPS) is 17.8. The van der Waals surface area contributed by atoms with Crippen LogP contribution in [-0.2, 0) is 16.6 Å². The van der Waals surface area contributed by atoms with Gasteiger partial charge in [-0.15, -0.1) is 0 Å². The molecule has 1 saturated heterocycles. The predicted molar refractivity (Wildman–Crippen MR) is 101 cm³/mol. The number of hydrogen-bond donors (Lipinski definition) is 1. The molecule has 1 aliphatic rings. The molecule has 0 aliphatic carbocycles. The van der Waals surface area contributed by atoms with Crippen molar-refractivity contribution in [2.45, 2.75) is 25.8 Å². The molecule has 1 fully saturated rings. The van der Waals surface area contributed by atoms with E-state index in [2.05, 4.69) is 10.3 Å². The minimum absolute atomic E-state index is 0.161. The Morgan fingerprint density at radius 3 is 2.75 bits per heavy atom. The van der Waals surface area contributed by atoms with Crippen LogP contribution >= 0.6 is 0 Å². The fourth-order valence-electron chi connectivity index (χ4n) is 3.44. The topological polar surface area (TPSA) is 76.5 Å². The number of nitrogens with one attached hydrogen (secondary N) is 1. The number of benzene rings is 1. The van der Waals surface area contributed by atoms with Crippen LogP contribution in [0.4, 0.5) is 9.18 Å². The van der Waals surface area contributed by atoms with Gasteiger partial charge < -0.3 is 19.5 Å². The Kier molecular flexibility index (Phi) is 6.28. The van der Waals surface area contributed by atoms with E-state index in [1.165, 1.54) is 12.1 Å². The summed E-state index contributed by atoms with van der Waals surface area (Å²) < 4.78 is 20.2. The first-order chi connectivity index (χ1) is 13.5. The third-order valence-corrected chi connectivity index (χ3v) is 4.92. The van der Waals surface area contributed by atoms with Crippen LogP contribution in [0.5, 0.6) is 0 Å². The molecule has 0 saturated carbocycles. The van der Waals surface area contributed by atoms with Crippen molar-refractivity contribution in [1.29, 1.82) is 0 Å². The lowest BCUT2D eigenvalue weighted by Gasteiger charge is -2.32. The van der Waals surface area contributed by atoms with E-state index >= 15 is 0 Å². The summed E-state index contributed by atoms with van der Waals surface area (Å²) in [4.78, 5) is 30.9. The molecule has 7 nitrogen and oxygen atoms in total. The van der Waals surface area contributed by atoms with E-state index in [0.717, 1.165) is 12.0 Å². The van der Waals surface area contributed by atoms with E-state index in [-0.39, 0.29) is 23.7 Å². The van der Waals surface area contributed by atoms with Gasteiger partial charge in [0.15, 0.2) is 0 Å². The molecular weight excluding hydrogens is 363 g/mol. The highest BCUT2D eigenvalue weighted by Crippen LogP contribution is 2.24. The summed E-state index contributed by atoms with van der Waals surface area (Å²) in [5.74, 6) is -0.184. The Labute approximate surface area is 163 Å². The maximum absolute atomic E-state index is 13.3. The molecule has 2 amide bonds. The third-order valence-electron chi connectivity index (χ3n) is 4.92. The van der Waals surface area contributed by atoms with Crippen LogP contribution in [0.25, 0.3) is 0 Å². The SMILES string of the molecule is CCOC(=O)N1CCCC(C(=O)NC(c2ccc(F)cc2)c2nccn2C)C1. The standard InChI is InChI=1S/C20H25FN4O3/c1-3-28-20(27)25-11-4-5-15(13-25)19(26)23-17(18-22-10-12-24(18)2)14-6-8-16(21)9-7-14/h6-10,12,15,17H,3-5,11,13H2,1-2H3,(H,23,26). The second kappa shape index (κ2) is 8.86. The van der Waals surface area contributed by atoms with Gasteiger partial charge in [-0.1, -0.05) is 12.1 Å². The summed E-state index contributed by atoms with van der Waals surface area (Å²) >= 11 is 0. The number of hydrogen-bond acceptors (Lipinski definition) is 4. The molecule has 2 aromatic rings. The number of aromatic nitrogens is 2. The number of aryl methyl sites for hydroxylation is 1. The van der Waals surface area contributed by atoms with E-state index in [4.69, 9.17) is 4.74 Å². The Bertz CT molecular complexity index is 821. The molecule has 1 aliphatic heterocycles. The van der Waals surface area contributed by atoms with Crippen LogP contribution < -0.4 is 5.32 Å². The lowest BCUT2D eigenvalue weighted by molar-refractivity contribution is -0.127. The van der Waals surface area contributed by atoms with Crippen molar-refractivity contribution in [3.63, 3.8) is 0 Å². The van der Waals surface area contributed by atoms with Crippen LogP contribution in [0.3, 0.4) is 0 Å². The lowest BCUT2D eigenvalue weighted by Crippen LogP contribution is -2.46. The average Bonchev–Trinajstić information content (AvgIpc) is 3.12. The van der Waals surface area contributed by atoms with Crippen LogP contribution in [0, 0.1) is 11.7 Å². The molecule has 1 aromatic carbocycles. The van der Waals surface area contributed by atoms with Crippen molar-refractivity contribution in [3.8, 4) is 0 Å². The summed E-state index contributed by atoms with van der Waals surface area (Å²) in [5, 5.41) is 3.03. The minimum atomic E-state index is -0.508. The van der Waals surface area contributed by atoms with Gasteiger partial charge in [-0.3, -0.25) is 4.79 Å². The van der Waals surface area contributed by atoms with Crippen LogP contribution in [-0.4, -0.2) is 46.1 Å². The second-order valence-electron chi connectivity index (χ2n) is 6.87. The molecule has 2 atom stereocenters. The molecule has 8 heteroatoms. The maximum atomic E-state index is 13.3. The van der Waals surface area contributed by atoms with Crippen molar-refractivity contribution in [1.82, 2.24) is 19.8 Å². The Morgan fingerprint density at radius 2 is 2.11 bits per heavy atom. The number of ether oxygens (including phenoxy) is 1. The number of rotatable bonds is 5. The number of nitrogens with zero attached hydrogens (tertiary/aromatic N) is 3. The van der Waals surface area contributed by atoms with E-state index in [1.807, 2.05) is 11.6 Å². The molecule has 0 bridgehead atoms. The van der Waals surface area contributed by atoms with Gasteiger partial charge in [0.1, 0.15) is 17.7 Å². The molecule has 2 unspecified atom stereocenters. The van der Waals surface area contributed by atoms with E-state index < -0.39 is 6.04 Å². The number of piperidine rings is 1. The summed E-state index contributed by atoms with van der Waals surface area (Å²) in [6.45, 7) is 2.97. The van der Waals surface area contributed by atoms with E-state index in [9.17, 15) is 14.0 Å². The fourth-order valence-corrected chi connectivity index (χ4v) is 3.44. The van der Waals surface area contributed by atoms with Gasteiger partial charge in [0.25, 0.3) is 0 Å². The highest BCUT2D eigenvalue weighted by atomic mass is 19.1. The van der Waals surface area contributed by atoms with Gasteiger partial charge in [-0.25, -0.2) is 14.2 Å². The zero-order valence-electron chi connectivity index (χ0n) is 16.1. The first kappa shape index (κ1) is 19.9. The Balaban J connectivity index is 1.77. The van der Waals surface area contributed by atoms with E-state index in [0.29, 0.717) is 31.9 Å². The number of likely N-dealkylation sites (tertiary alicyclic amines) is 1. The number of halogens is 1. The Hall–Kier alpha value is -2.90. The van der Waals surface area contributed by atoms with Crippen molar-refractivity contribution in [3.05, 3.63) is 53.9 Å². The quantitative estimate of drug-likeness (QED) is 0.854. The van der Waals surface area contributed by atoms with Gasteiger partial charge >= 0.3 is 6.09 Å². The molecule has 0 radical (unpaired) electrons. The summed E-state index contributed by atoms with van der Waals surface area (Å²) in [7, 11) is 1.84. The summed E-state index contributed by atoms with van der Waals surface area (Å²) in [6.07, 6.45) is 4.49. The molecule has 1 aromatic heterocycles. The summed E-state index contributed by atoms with van der Waals surface area (Å²) in [5.41, 5.74) is 0.738. The molecule has 1 N–H and O–H groups in total. The zero-order valence-corrected chi connectivity index (χ0v) is 16.1. The molecule has 28 heavy (non-hydrogen) atoms. The molecule has 2 heterocycles. The molecular formula is C20H25FN4O3. The van der Waals surface area contributed by atoms with Gasteiger partial charge in [-0.2, -0.15) is 0 Å². The monoisotopic (exact) mass is 388 g/mol. The summed E-state index contributed by atoms with van der Waals surface area (Å²) in [6, 6.07) is 5.49. The molecule has 3 rings (SSSR count). The van der Waals surface area contributed by atoms with Gasteiger partial charge in [0.2, 0.25) is 5.91 Å².